The highest BCUT2D eigenvalue weighted by molar-refractivity contribution is 5.93. The van der Waals surface area contributed by atoms with Gasteiger partial charge in [-0.25, -0.2) is 0 Å². The molecule has 122 valence electrons. The van der Waals surface area contributed by atoms with Crippen LogP contribution in [0.25, 0.3) is 11.3 Å². The van der Waals surface area contributed by atoms with Crippen LogP contribution in [-0.4, -0.2) is 47.9 Å². The first kappa shape index (κ1) is 15.6. The average Bonchev–Trinajstić information content (AvgIpc) is 3.05. The van der Waals surface area contributed by atoms with E-state index in [1.807, 2.05) is 0 Å². The molecule has 1 N–H and O–H groups in total. The fraction of sp³-hybridized carbons (Fsp3) is 0.412. The fourth-order valence-electron chi connectivity index (χ4n) is 2.77. The molecule has 2 aromatic rings. The Morgan fingerprint density at radius 3 is 2.87 bits per heavy atom. The minimum Gasteiger partial charge on any atom is -0.508 e. The Morgan fingerprint density at radius 1 is 1.35 bits per heavy atom. The van der Waals surface area contributed by atoms with Crippen molar-refractivity contribution in [3.63, 3.8) is 0 Å². The van der Waals surface area contributed by atoms with Crippen LogP contribution in [-0.2, 0) is 4.74 Å². The Labute approximate surface area is 134 Å². The number of amides is 1. The summed E-state index contributed by atoms with van der Waals surface area (Å²) in [7, 11) is 1.78. The van der Waals surface area contributed by atoms with E-state index < -0.39 is 0 Å². The van der Waals surface area contributed by atoms with Crippen LogP contribution < -0.4 is 0 Å². The van der Waals surface area contributed by atoms with Crippen molar-refractivity contribution in [1.29, 1.82) is 0 Å². The van der Waals surface area contributed by atoms with Crippen molar-refractivity contribution < 1.29 is 19.2 Å². The van der Waals surface area contributed by atoms with Crippen LogP contribution in [0.5, 0.6) is 5.75 Å². The Balaban J connectivity index is 1.68. The smallest absolute Gasteiger partial charge is 0.275 e. The zero-order valence-electron chi connectivity index (χ0n) is 13.1. The minimum atomic E-state index is -0.161. The predicted octanol–water partition coefficient (Wildman–Crippen LogP) is 2.55. The number of rotatable bonds is 4. The molecule has 23 heavy (non-hydrogen) atoms. The molecule has 1 aliphatic heterocycles. The topological polar surface area (TPSA) is 75.8 Å². The van der Waals surface area contributed by atoms with E-state index in [0.29, 0.717) is 23.8 Å². The summed E-state index contributed by atoms with van der Waals surface area (Å²) in [5.74, 6) is 0.911. The van der Waals surface area contributed by atoms with Gasteiger partial charge in [-0.3, -0.25) is 4.79 Å². The number of ether oxygens (including phenoxy) is 1. The van der Waals surface area contributed by atoms with Crippen LogP contribution in [0, 0.1) is 5.92 Å². The molecule has 6 heteroatoms. The zero-order valence-corrected chi connectivity index (χ0v) is 13.1. The van der Waals surface area contributed by atoms with Crippen LogP contribution in [0.4, 0.5) is 0 Å². The molecule has 2 heterocycles. The van der Waals surface area contributed by atoms with Gasteiger partial charge in [0.05, 0.1) is 0 Å². The maximum Gasteiger partial charge on any atom is 0.275 e. The van der Waals surface area contributed by atoms with Gasteiger partial charge in [0.1, 0.15) is 5.75 Å². The third-order valence-electron chi connectivity index (χ3n) is 4.08. The second-order valence-electron chi connectivity index (χ2n) is 5.87. The first-order valence-corrected chi connectivity index (χ1v) is 7.73. The molecule has 0 bridgehead atoms. The summed E-state index contributed by atoms with van der Waals surface area (Å²) in [6.07, 6.45) is 1.95. The van der Waals surface area contributed by atoms with Gasteiger partial charge in [0.25, 0.3) is 5.91 Å². The SMILES string of the molecule is CN(CC1CCOCC1)C(=O)c1cc(-c2cccc(O)c2)on1. The summed E-state index contributed by atoms with van der Waals surface area (Å²) < 4.78 is 10.6. The van der Waals surface area contributed by atoms with Gasteiger partial charge in [0.2, 0.25) is 0 Å². The van der Waals surface area contributed by atoms with Crippen LogP contribution in [0.1, 0.15) is 23.3 Å². The summed E-state index contributed by atoms with van der Waals surface area (Å²) in [6, 6.07) is 8.26. The average molecular weight is 316 g/mol. The van der Waals surface area contributed by atoms with Gasteiger partial charge in [-0.1, -0.05) is 17.3 Å². The summed E-state index contributed by atoms with van der Waals surface area (Å²) in [4.78, 5) is 14.1. The van der Waals surface area contributed by atoms with Gasteiger partial charge in [-0.05, 0) is 30.9 Å². The number of aromatic nitrogens is 1. The highest BCUT2D eigenvalue weighted by Gasteiger charge is 2.22. The molecule has 0 saturated carbocycles. The van der Waals surface area contributed by atoms with Crippen LogP contribution in [0.2, 0.25) is 0 Å². The molecular formula is C17H20N2O4. The number of phenols is 1. The molecule has 0 unspecified atom stereocenters. The van der Waals surface area contributed by atoms with Crippen molar-refractivity contribution in [2.45, 2.75) is 12.8 Å². The first-order chi connectivity index (χ1) is 11.1. The van der Waals surface area contributed by atoms with Gasteiger partial charge in [-0.2, -0.15) is 0 Å². The van der Waals surface area contributed by atoms with Crippen molar-refractivity contribution >= 4 is 5.91 Å². The maximum absolute atomic E-state index is 12.5. The largest absolute Gasteiger partial charge is 0.508 e. The first-order valence-electron chi connectivity index (χ1n) is 7.73. The highest BCUT2D eigenvalue weighted by atomic mass is 16.5. The summed E-state index contributed by atoms with van der Waals surface area (Å²) in [5, 5.41) is 13.4. The van der Waals surface area contributed by atoms with E-state index in [0.717, 1.165) is 26.1 Å². The molecule has 1 saturated heterocycles. The number of hydrogen-bond acceptors (Lipinski definition) is 5. The quantitative estimate of drug-likeness (QED) is 0.938. The molecule has 1 aromatic heterocycles. The second kappa shape index (κ2) is 6.83. The zero-order chi connectivity index (χ0) is 16.2. The van der Waals surface area contributed by atoms with E-state index >= 15 is 0 Å². The minimum absolute atomic E-state index is 0.142. The van der Waals surface area contributed by atoms with E-state index in [9.17, 15) is 9.90 Å². The van der Waals surface area contributed by atoms with Gasteiger partial charge >= 0.3 is 0 Å². The lowest BCUT2D eigenvalue weighted by Gasteiger charge is -2.26. The molecule has 0 radical (unpaired) electrons. The molecule has 6 nitrogen and oxygen atoms in total. The normalized spacial score (nSPS) is 15.5. The Hall–Kier alpha value is -2.34. The van der Waals surface area contributed by atoms with Gasteiger partial charge in [0, 0.05) is 38.4 Å². The van der Waals surface area contributed by atoms with Crippen molar-refractivity contribution in [2.24, 2.45) is 5.92 Å². The van der Waals surface area contributed by atoms with Gasteiger partial charge in [0.15, 0.2) is 11.5 Å². The summed E-state index contributed by atoms with van der Waals surface area (Å²) in [6.45, 7) is 2.22. The highest BCUT2D eigenvalue weighted by Crippen LogP contribution is 2.24. The molecule has 3 rings (SSSR count). The van der Waals surface area contributed by atoms with Crippen LogP contribution in [0.3, 0.4) is 0 Å². The number of carbonyl (C=O) groups is 1. The second-order valence-corrected chi connectivity index (χ2v) is 5.87. The number of aromatic hydroxyl groups is 1. The molecule has 1 amide bonds. The monoisotopic (exact) mass is 316 g/mol. The van der Waals surface area contributed by atoms with Crippen LogP contribution >= 0.6 is 0 Å². The summed E-state index contributed by atoms with van der Waals surface area (Å²) in [5.41, 5.74) is 0.960. The van der Waals surface area contributed by atoms with E-state index in [-0.39, 0.29) is 17.4 Å². The molecule has 0 aliphatic carbocycles. The van der Waals surface area contributed by atoms with Gasteiger partial charge < -0.3 is 19.3 Å². The number of nitrogens with zero attached hydrogens (tertiary/aromatic N) is 2. The number of carbonyl (C=O) groups excluding carboxylic acids is 1. The summed E-state index contributed by atoms with van der Waals surface area (Å²) >= 11 is 0. The Morgan fingerprint density at radius 2 is 2.13 bits per heavy atom. The van der Waals surface area contributed by atoms with Crippen molar-refractivity contribution in [2.75, 3.05) is 26.8 Å². The lowest BCUT2D eigenvalue weighted by molar-refractivity contribution is 0.0493. The third-order valence-corrected chi connectivity index (χ3v) is 4.08. The fourth-order valence-corrected chi connectivity index (χ4v) is 2.77. The van der Waals surface area contributed by atoms with E-state index in [2.05, 4.69) is 5.16 Å². The Kier molecular flexibility index (Phi) is 4.62. The van der Waals surface area contributed by atoms with E-state index in [1.165, 1.54) is 0 Å². The maximum atomic E-state index is 12.5. The molecule has 1 aliphatic rings. The van der Waals surface area contributed by atoms with E-state index in [4.69, 9.17) is 9.26 Å². The lowest BCUT2D eigenvalue weighted by atomic mass is 10.00. The predicted molar refractivity (Wildman–Crippen MR) is 84.1 cm³/mol. The van der Waals surface area contributed by atoms with E-state index in [1.54, 1.807) is 42.3 Å². The van der Waals surface area contributed by atoms with Gasteiger partial charge in [-0.15, -0.1) is 0 Å². The van der Waals surface area contributed by atoms with Crippen molar-refractivity contribution in [1.82, 2.24) is 10.1 Å². The van der Waals surface area contributed by atoms with Crippen molar-refractivity contribution in [3.05, 3.63) is 36.0 Å². The molecule has 1 aromatic carbocycles. The third kappa shape index (κ3) is 3.71. The number of phenolic OH excluding ortho intramolecular Hbond substituents is 1. The Bertz CT molecular complexity index is 677. The van der Waals surface area contributed by atoms with Crippen LogP contribution in [0.15, 0.2) is 34.9 Å². The number of hydrogen-bond donors (Lipinski definition) is 1. The van der Waals surface area contributed by atoms with Crippen molar-refractivity contribution in [3.8, 4) is 17.1 Å². The molecular weight excluding hydrogens is 296 g/mol. The standard InChI is InChI=1S/C17H20N2O4/c1-19(11-12-5-7-22-8-6-12)17(21)15-10-16(23-18-15)13-3-2-4-14(20)9-13/h2-4,9-10,12,20H,5-8,11H2,1H3. The lowest BCUT2D eigenvalue weighted by Crippen LogP contribution is -2.34. The molecule has 0 spiro atoms. The molecule has 0 atom stereocenters. The number of benzene rings is 1. The molecule has 1 fully saturated rings.